The Morgan fingerprint density at radius 2 is 2.12 bits per heavy atom. The first-order valence-corrected chi connectivity index (χ1v) is 6.73. The number of allylic oxidation sites excluding steroid dienone is 1. The monoisotopic (exact) mass is 250 g/mol. The van der Waals surface area contributed by atoms with Crippen molar-refractivity contribution in [2.45, 2.75) is 45.1 Å². The molecule has 0 spiro atoms. The van der Waals surface area contributed by atoms with Crippen LogP contribution in [0.5, 0.6) is 5.75 Å². The third-order valence-corrected chi connectivity index (χ3v) is 3.37. The van der Waals surface area contributed by atoms with Crippen LogP contribution in [0, 0.1) is 6.92 Å². The van der Waals surface area contributed by atoms with Gasteiger partial charge in [0.25, 0.3) is 0 Å². The summed E-state index contributed by atoms with van der Waals surface area (Å²) in [6.07, 6.45) is 10.8. The number of hydrogen-bond acceptors (Lipinski definition) is 1. The first-order chi connectivity index (χ1) is 8.25. The molecule has 17 heavy (non-hydrogen) atoms. The Hall–Kier alpha value is -0.950. The van der Waals surface area contributed by atoms with Crippen LogP contribution in [0.4, 0.5) is 0 Å². The molecule has 0 aliphatic heterocycles. The minimum Gasteiger partial charge on any atom is -0.486 e. The molecule has 92 valence electrons. The average Bonchev–Trinajstić information content (AvgIpc) is 2.27. The van der Waals surface area contributed by atoms with Crippen molar-refractivity contribution in [3.63, 3.8) is 0 Å². The van der Waals surface area contributed by atoms with Crippen LogP contribution in [-0.4, -0.2) is 6.10 Å². The Morgan fingerprint density at radius 1 is 1.24 bits per heavy atom. The van der Waals surface area contributed by atoms with Crippen molar-refractivity contribution in [3.05, 3.63) is 40.9 Å². The van der Waals surface area contributed by atoms with Crippen molar-refractivity contribution < 1.29 is 4.74 Å². The first-order valence-electron chi connectivity index (χ1n) is 6.35. The van der Waals surface area contributed by atoms with E-state index in [0.29, 0.717) is 0 Å². The zero-order chi connectivity index (χ0) is 12.1. The van der Waals surface area contributed by atoms with Crippen molar-refractivity contribution in [1.29, 1.82) is 0 Å². The van der Waals surface area contributed by atoms with Gasteiger partial charge in [0.2, 0.25) is 0 Å². The summed E-state index contributed by atoms with van der Waals surface area (Å²) in [7, 11) is 0. The lowest BCUT2D eigenvalue weighted by Gasteiger charge is -2.19. The highest BCUT2D eigenvalue weighted by atomic mass is 35.5. The molecule has 0 fully saturated rings. The van der Waals surface area contributed by atoms with Crippen LogP contribution in [0.15, 0.2) is 30.4 Å². The first kappa shape index (κ1) is 12.5. The van der Waals surface area contributed by atoms with Crippen LogP contribution in [0.3, 0.4) is 0 Å². The molecule has 0 radical (unpaired) electrons. The Labute approximate surface area is 108 Å². The Kier molecular flexibility index (Phi) is 4.49. The van der Waals surface area contributed by atoms with Crippen LogP contribution < -0.4 is 4.74 Å². The van der Waals surface area contributed by atoms with E-state index in [2.05, 4.69) is 19.1 Å². The second kappa shape index (κ2) is 6.11. The summed E-state index contributed by atoms with van der Waals surface area (Å²) in [5, 5.41) is 0.737. The molecule has 1 atom stereocenters. The van der Waals surface area contributed by atoms with Gasteiger partial charge in [0.05, 0.1) is 0 Å². The molecular weight excluding hydrogens is 232 g/mol. The molecule has 0 heterocycles. The minimum atomic E-state index is 0.201. The van der Waals surface area contributed by atoms with Crippen molar-refractivity contribution >= 4 is 11.6 Å². The molecule has 2 heteroatoms. The van der Waals surface area contributed by atoms with E-state index in [1.165, 1.54) is 25.7 Å². The molecule has 0 N–H and O–H groups in total. The maximum Gasteiger partial charge on any atom is 0.124 e. The van der Waals surface area contributed by atoms with Crippen LogP contribution in [-0.2, 0) is 0 Å². The van der Waals surface area contributed by atoms with E-state index in [1.54, 1.807) is 0 Å². The highest BCUT2D eigenvalue weighted by Crippen LogP contribution is 2.25. The lowest BCUT2D eigenvalue weighted by Crippen LogP contribution is -2.15. The highest BCUT2D eigenvalue weighted by Gasteiger charge is 2.10. The quantitative estimate of drug-likeness (QED) is 0.678. The Balaban J connectivity index is 2.07. The molecule has 1 aromatic rings. The van der Waals surface area contributed by atoms with Crippen LogP contribution >= 0.6 is 11.6 Å². The average molecular weight is 251 g/mol. The van der Waals surface area contributed by atoms with Crippen molar-refractivity contribution in [3.8, 4) is 5.75 Å². The predicted octanol–water partition coefficient (Wildman–Crippen LogP) is 4.92. The molecule has 0 aromatic heterocycles. The van der Waals surface area contributed by atoms with Crippen LogP contribution in [0.25, 0.3) is 0 Å². The van der Waals surface area contributed by atoms with Gasteiger partial charge in [0.1, 0.15) is 11.9 Å². The van der Waals surface area contributed by atoms with E-state index in [9.17, 15) is 0 Å². The largest absolute Gasteiger partial charge is 0.486 e. The number of hydrogen-bond donors (Lipinski definition) is 0. The van der Waals surface area contributed by atoms with E-state index in [4.69, 9.17) is 16.3 Å². The maximum atomic E-state index is 6.03. The van der Waals surface area contributed by atoms with E-state index in [1.807, 2.05) is 18.2 Å². The normalized spacial score (nSPS) is 22.6. The highest BCUT2D eigenvalue weighted by molar-refractivity contribution is 6.30. The molecule has 0 amide bonds. The SMILES string of the molecule is Cc1ccc(Cl)cc1OC1/C=C/CCCCC1. The van der Waals surface area contributed by atoms with Gasteiger partial charge in [-0.25, -0.2) is 0 Å². The van der Waals surface area contributed by atoms with Gasteiger partial charge in [-0.15, -0.1) is 0 Å². The van der Waals surface area contributed by atoms with Gasteiger partial charge < -0.3 is 4.74 Å². The summed E-state index contributed by atoms with van der Waals surface area (Å²) in [5.41, 5.74) is 1.14. The fraction of sp³-hybridized carbons (Fsp3) is 0.467. The minimum absolute atomic E-state index is 0.201. The third-order valence-electron chi connectivity index (χ3n) is 3.14. The van der Waals surface area contributed by atoms with Crippen LogP contribution in [0.1, 0.15) is 37.7 Å². The lowest BCUT2D eigenvalue weighted by atomic mass is 10.0. The number of benzene rings is 1. The maximum absolute atomic E-state index is 6.03. The molecular formula is C15H19ClO. The van der Waals surface area contributed by atoms with Crippen molar-refractivity contribution in [2.75, 3.05) is 0 Å². The number of halogens is 1. The van der Waals surface area contributed by atoms with Gasteiger partial charge in [-0.3, -0.25) is 0 Å². The standard InChI is InChI=1S/C15H19ClO/c1-12-9-10-13(16)11-15(12)17-14-7-5-3-2-4-6-8-14/h5,7,9-11,14H,2-4,6,8H2,1H3/b7-5+. The molecule has 1 aliphatic rings. The van der Waals surface area contributed by atoms with E-state index in [0.717, 1.165) is 22.8 Å². The number of aryl methyl sites for hydroxylation is 1. The van der Waals surface area contributed by atoms with Gasteiger partial charge in [-0.1, -0.05) is 30.2 Å². The van der Waals surface area contributed by atoms with E-state index in [-0.39, 0.29) is 6.10 Å². The molecule has 0 bridgehead atoms. The summed E-state index contributed by atoms with van der Waals surface area (Å²) >= 11 is 5.99. The second-order valence-electron chi connectivity index (χ2n) is 4.63. The van der Waals surface area contributed by atoms with Gasteiger partial charge in [-0.05, 0) is 56.4 Å². The molecule has 1 aromatic carbocycles. The second-order valence-corrected chi connectivity index (χ2v) is 5.07. The fourth-order valence-corrected chi connectivity index (χ4v) is 2.25. The van der Waals surface area contributed by atoms with E-state index >= 15 is 0 Å². The summed E-state index contributed by atoms with van der Waals surface area (Å²) < 4.78 is 6.03. The number of rotatable bonds is 2. The molecule has 0 saturated heterocycles. The van der Waals surface area contributed by atoms with Gasteiger partial charge >= 0.3 is 0 Å². The topological polar surface area (TPSA) is 9.23 Å². The van der Waals surface area contributed by atoms with Crippen molar-refractivity contribution in [2.24, 2.45) is 0 Å². The molecule has 0 saturated carbocycles. The fourth-order valence-electron chi connectivity index (χ4n) is 2.09. The number of ether oxygens (including phenoxy) is 1. The van der Waals surface area contributed by atoms with E-state index < -0.39 is 0 Å². The summed E-state index contributed by atoms with van der Waals surface area (Å²) in [5.74, 6) is 0.910. The van der Waals surface area contributed by atoms with Crippen LogP contribution in [0.2, 0.25) is 5.02 Å². The summed E-state index contributed by atoms with van der Waals surface area (Å²) in [6.45, 7) is 2.05. The third kappa shape index (κ3) is 3.78. The van der Waals surface area contributed by atoms with Gasteiger partial charge in [0.15, 0.2) is 0 Å². The Morgan fingerprint density at radius 3 is 3.00 bits per heavy atom. The molecule has 2 rings (SSSR count). The predicted molar refractivity (Wildman–Crippen MR) is 72.8 cm³/mol. The zero-order valence-corrected chi connectivity index (χ0v) is 11.0. The molecule has 1 unspecified atom stereocenters. The van der Waals surface area contributed by atoms with Gasteiger partial charge in [-0.2, -0.15) is 0 Å². The van der Waals surface area contributed by atoms with Gasteiger partial charge in [0, 0.05) is 5.02 Å². The molecule has 1 aliphatic carbocycles. The smallest absolute Gasteiger partial charge is 0.124 e. The summed E-state index contributed by atoms with van der Waals surface area (Å²) in [6, 6.07) is 5.81. The lowest BCUT2D eigenvalue weighted by molar-refractivity contribution is 0.230. The molecule has 1 nitrogen and oxygen atoms in total. The van der Waals surface area contributed by atoms with Crippen molar-refractivity contribution in [1.82, 2.24) is 0 Å². The summed E-state index contributed by atoms with van der Waals surface area (Å²) in [4.78, 5) is 0. The Bertz CT molecular complexity index is 398. The zero-order valence-electron chi connectivity index (χ0n) is 10.3.